The molecule has 1 fully saturated rings. The molecule has 5 heteroatoms. The maximum absolute atomic E-state index is 4.26. The SMILES string of the molecule is Cc1cnc(NC2CC(Cn3ccnc3)C2)nc1. The van der Waals surface area contributed by atoms with E-state index >= 15 is 0 Å². The van der Waals surface area contributed by atoms with E-state index in [2.05, 4.69) is 24.8 Å². The third-order valence-corrected chi connectivity index (χ3v) is 3.38. The first-order valence-corrected chi connectivity index (χ1v) is 6.30. The standard InChI is InChI=1S/C13H17N5/c1-10-6-15-13(16-7-10)17-12-4-11(5-12)8-18-3-2-14-9-18/h2-3,6-7,9,11-12H,4-5,8H2,1H3,(H,15,16,17). The summed E-state index contributed by atoms with van der Waals surface area (Å²) in [6.45, 7) is 3.06. The van der Waals surface area contributed by atoms with E-state index in [0.717, 1.165) is 24.0 Å². The summed E-state index contributed by atoms with van der Waals surface area (Å²) in [4.78, 5) is 12.6. The zero-order valence-electron chi connectivity index (χ0n) is 10.5. The van der Waals surface area contributed by atoms with Crippen LogP contribution in [-0.2, 0) is 6.54 Å². The van der Waals surface area contributed by atoms with E-state index in [-0.39, 0.29) is 0 Å². The molecule has 0 spiro atoms. The lowest BCUT2D eigenvalue weighted by atomic mass is 9.80. The number of aryl methyl sites for hydroxylation is 1. The largest absolute Gasteiger partial charge is 0.351 e. The number of nitrogens with zero attached hydrogens (tertiary/aromatic N) is 4. The lowest BCUT2D eigenvalue weighted by Crippen LogP contribution is -2.37. The number of hydrogen-bond donors (Lipinski definition) is 1. The maximum Gasteiger partial charge on any atom is 0.222 e. The minimum absolute atomic E-state index is 0.515. The Bertz CT molecular complexity index is 485. The molecule has 0 bridgehead atoms. The molecule has 1 aliphatic rings. The first-order chi connectivity index (χ1) is 8.79. The maximum atomic E-state index is 4.26. The van der Waals surface area contributed by atoms with Crippen molar-refractivity contribution >= 4 is 5.95 Å². The van der Waals surface area contributed by atoms with E-state index in [1.54, 1.807) is 0 Å². The van der Waals surface area contributed by atoms with E-state index in [1.165, 1.54) is 12.8 Å². The van der Waals surface area contributed by atoms with Crippen LogP contribution in [0.25, 0.3) is 0 Å². The van der Waals surface area contributed by atoms with Gasteiger partial charge in [-0.3, -0.25) is 0 Å². The van der Waals surface area contributed by atoms with Crippen molar-refractivity contribution in [1.82, 2.24) is 19.5 Å². The first-order valence-electron chi connectivity index (χ1n) is 6.30. The molecule has 0 aliphatic heterocycles. The van der Waals surface area contributed by atoms with Crippen molar-refractivity contribution in [2.45, 2.75) is 32.4 Å². The third kappa shape index (κ3) is 2.50. The summed E-state index contributed by atoms with van der Waals surface area (Å²) >= 11 is 0. The number of imidazole rings is 1. The predicted octanol–water partition coefficient (Wildman–Crippen LogP) is 1.87. The van der Waals surface area contributed by atoms with E-state index in [4.69, 9.17) is 0 Å². The van der Waals surface area contributed by atoms with Gasteiger partial charge in [-0.05, 0) is 31.2 Å². The van der Waals surface area contributed by atoms with Crippen LogP contribution in [0.4, 0.5) is 5.95 Å². The van der Waals surface area contributed by atoms with Crippen LogP contribution < -0.4 is 5.32 Å². The molecule has 2 aromatic heterocycles. The Morgan fingerprint density at radius 1 is 1.33 bits per heavy atom. The monoisotopic (exact) mass is 243 g/mol. The van der Waals surface area contributed by atoms with Crippen molar-refractivity contribution < 1.29 is 0 Å². The van der Waals surface area contributed by atoms with Crippen LogP contribution in [-0.4, -0.2) is 25.6 Å². The minimum Gasteiger partial charge on any atom is -0.351 e. The molecule has 0 radical (unpaired) electrons. The van der Waals surface area contributed by atoms with Gasteiger partial charge in [-0.1, -0.05) is 0 Å². The summed E-state index contributed by atoms with van der Waals surface area (Å²) in [5.41, 5.74) is 1.09. The molecule has 2 heterocycles. The van der Waals surface area contributed by atoms with Gasteiger partial charge in [0.15, 0.2) is 0 Å². The lowest BCUT2D eigenvalue weighted by Gasteiger charge is -2.35. The number of rotatable bonds is 4. The van der Waals surface area contributed by atoms with Crippen molar-refractivity contribution in [1.29, 1.82) is 0 Å². The summed E-state index contributed by atoms with van der Waals surface area (Å²) in [7, 11) is 0. The van der Waals surface area contributed by atoms with Gasteiger partial charge in [0.2, 0.25) is 5.95 Å². The average Bonchev–Trinajstić information content (AvgIpc) is 2.82. The van der Waals surface area contributed by atoms with Gasteiger partial charge in [0, 0.05) is 37.4 Å². The Morgan fingerprint density at radius 3 is 2.78 bits per heavy atom. The molecule has 0 aromatic carbocycles. The van der Waals surface area contributed by atoms with Crippen molar-refractivity contribution in [3.63, 3.8) is 0 Å². The number of hydrogen-bond acceptors (Lipinski definition) is 4. The summed E-state index contributed by atoms with van der Waals surface area (Å²) in [6.07, 6.45) is 11.8. The van der Waals surface area contributed by atoms with Gasteiger partial charge in [0.05, 0.1) is 6.33 Å². The fourth-order valence-electron chi connectivity index (χ4n) is 2.35. The second kappa shape index (κ2) is 4.76. The van der Waals surface area contributed by atoms with Gasteiger partial charge in [-0.15, -0.1) is 0 Å². The quantitative estimate of drug-likeness (QED) is 0.890. The molecular formula is C13H17N5. The van der Waals surface area contributed by atoms with Crippen molar-refractivity contribution in [3.8, 4) is 0 Å². The van der Waals surface area contributed by atoms with Gasteiger partial charge >= 0.3 is 0 Å². The summed E-state index contributed by atoms with van der Waals surface area (Å²) in [6, 6.07) is 0.515. The van der Waals surface area contributed by atoms with E-state index in [1.807, 2.05) is 38.0 Å². The van der Waals surface area contributed by atoms with Crippen LogP contribution in [0, 0.1) is 12.8 Å². The zero-order valence-corrected chi connectivity index (χ0v) is 10.5. The highest BCUT2D eigenvalue weighted by atomic mass is 15.1. The second-order valence-corrected chi connectivity index (χ2v) is 5.02. The van der Waals surface area contributed by atoms with Gasteiger partial charge < -0.3 is 9.88 Å². The minimum atomic E-state index is 0.515. The molecule has 5 nitrogen and oxygen atoms in total. The number of anilines is 1. The Labute approximate surface area is 106 Å². The summed E-state index contributed by atoms with van der Waals surface area (Å²) in [5, 5.41) is 3.37. The summed E-state index contributed by atoms with van der Waals surface area (Å²) in [5.74, 6) is 1.48. The Hall–Kier alpha value is -1.91. The first kappa shape index (κ1) is 11.2. The van der Waals surface area contributed by atoms with Crippen LogP contribution in [0.2, 0.25) is 0 Å². The molecule has 1 saturated carbocycles. The van der Waals surface area contributed by atoms with Gasteiger partial charge in [0.1, 0.15) is 0 Å². The summed E-state index contributed by atoms with van der Waals surface area (Å²) < 4.78 is 2.14. The zero-order chi connectivity index (χ0) is 12.4. The molecule has 18 heavy (non-hydrogen) atoms. The molecule has 1 aliphatic carbocycles. The molecular weight excluding hydrogens is 226 g/mol. The molecule has 2 aromatic rings. The molecule has 1 N–H and O–H groups in total. The molecule has 0 atom stereocenters. The number of aromatic nitrogens is 4. The van der Waals surface area contributed by atoms with E-state index in [0.29, 0.717) is 6.04 Å². The molecule has 0 unspecified atom stereocenters. The Balaban J connectivity index is 1.46. The van der Waals surface area contributed by atoms with Gasteiger partial charge in [0.25, 0.3) is 0 Å². The lowest BCUT2D eigenvalue weighted by molar-refractivity contribution is 0.248. The highest BCUT2D eigenvalue weighted by molar-refractivity contribution is 5.27. The highest BCUT2D eigenvalue weighted by Crippen LogP contribution is 2.30. The molecule has 0 saturated heterocycles. The predicted molar refractivity (Wildman–Crippen MR) is 69.1 cm³/mol. The molecule has 0 amide bonds. The third-order valence-electron chi connectivity index (χ3n) is 3.38. The van der Waals surface area contributed by atoms with Crippen LogP contribution in [0.15, 0.2) is 31.1 Å². The normalized spacial score (nSPS) is 22.5. The fraction of sp³-hybridized carbons (Fsp3) is 0.462. The van der Waals surface area contributed by atoms with Gasteiger partial charge in [-0.2, -0.15) is 0 Å². The van der Waals surface area contributed by atoms with Crippen molar-refractivity contribution in [3.05, 3.63) is 36.7 Å². The number of nitrogens with one attached hydrogen (secondary N) is 1. The fourth-order valence-corrected chi connectivity index (χ4v) is 2.35. The molecule has 3 rings (SSSR count). The smallest absolute Gasteiger partial charge is 0.222 e. The van der Waals surface area contributed by atoms with Crippen LogP contribution in [0.3, 0.4) is 0 Å². The molecule has 94 valence electrons. The highest BCUT2D eigenvalue weighted by Gasteiger charge is 2.29. The van der Waals surface area contributed by atoms with Gasteiger partial charge in [-0.25, -0.2) is 15.0 Å². The Kier molecular flexibility index (Phi) is 2.96. The van der Waals surface area contributed by atoms with E-state index in [9.17, 15) is 0 Å². The second-order valence-electron chi connectivity index (χ2n) is 5.02. The van der Waals surface area contributed by atoms with Crippen molar-refractivity contribution in [2.75, 3.05) is 5.32 Å². The van der Waals surface area contributed by atoms with E-state index < -0.39 is 0 Å². The Morgan fingerprint density at radius 2 is 2.11 bits per heavy atom. The van der Waals surface area contributed by atoms with Crippen LogP contribution >= 0.6 is 0 Å². The topological polar surface area (TPSA) is 55.6 Å². The van der Waals surface area contributed by atoms with Crippen LogP contribution in [0.5, 0.6) is 0 Å². The van der Waals surface area contributed by atoms with Crippen LogP contribution in [0.1, 0.15) is 18.4 Å². The van der Waals surface area contributed by atoms with Crippen molar-refractivity contribution in [2.24, 2.45) is 5.92 Å². The average molecular weight is 243 g/mol.